The fourth-order valence-corrected chi connectivity index (χ4v) is 4.37. The third-order valence-electron chi connectivity index (χ3n) is 3.34. The highest BCUT2D eigenvalue weighted by molar-refractivity contribution is 7.89. The van der Waals surface area contributed by atoms with Crippen LogP contribution in [0.2, 0.25) is 10.0 Å². The second kappa shape index (κ2) is 7.96. The second-order valence-electron chi connectivity index (χ2n) is 6.75. The molecule has 5 nitrogen and oxygen atoms in total. The molecule has 0 aliphatic carbocycles. The minimum atomic E-state index is -3.72. The first kappa shape index (κ1) is 20.7. The van der Waals surface area contributed by atoms with Gasteiger partial charge in [0.2, 0.25) is 10.0 Å². The molecule has 0 aliphatic heterocycles. The lowest BCUT2D eigenvalue weighted by Gasteiger charge is -2.21. The van der Waals surface area contributed by atoms with E-state index in [1.165, 1.54) is 6.07 Å². The van der Waals surface area contributed by atoms with Gasteiger partial charge in [0.1, 0.15) is 0 Å². The first-order valence-electron chi connectivity index (χ1n) is 7.85. The molecule has 0 atom stereocenters. The lowest BCUT2D eigenvalue weighted by molar-refractivity contribution is 0.0950. The van der Waals surface area contributed by atoms with Crippen LogP contribution in [-0.2, 0) is 16.6 Å². The number of benzene rings is 2. The Morgan fingerprint density at radius 3 is 2.35 bits per heavy atom. The predicted molar refractivity (Wildman–Crippen MR) is 104 cm³/mol. The summed E-state index contributed by atoms with van der Waals surface area (Å²) in [6.07, 6.45) is 0. The Morgan fingerprint density at radius 2 is 1.69 bits per heavy atom. The van der Waals surface area contributed by atoms with Gasteiger partial charge in [-0.15, -0.1) is 0 Å². The number of halogens is 2. The summed E-state index contributed by atoms with van der Waals surface area (Å²) in [4.78, 5) is 12.5. The molecule has 0 heterocycles. The first-order valence-corrected chi connectivity index (χ1v) is 10.1. The molecular weight excluding hydrogens is 395 g/mol. The van der Waals surface area contributed by atoms with Gasteiger partial charge >= 0.3 is 0 Å². The van der Waals surface area contributed by atoms with Crippen LogP contribution in [-0.4, -0.2) is 19.9 Å². The summed E-state index contributed by atoms with van der Waals surface area (Å²) in [5.41, 5.74) is 0.0758. The Hall–Kier alpha value is -1.60. The van der Waals surface area contributed by atoms with E-state index in [4.69, 9.17) is 23.2 Å². The van der Waals surface area contributed by atoms with Gasteiger partial charge in [-0.3, -0.25) is 4.79 Å². The highest BCUT2D eigenvalue weighted by Gasteiger charge is 2.24. The molecule has 140 valence electrons. The molecule has 1 amide bonds. The summed E-state index contributed by atoms with van der Waals surface area (Å²) in [7, 11) is -3.72. The number of hydrogen-bond donors (Lipinski definition) is 2. The van der Waals surface area contributed by atoms with Gasteiger partial charge < -0.3 is 5.32 Å². The lowest BCUT2D eigenvalue weighted by atomic mass is 10.1. The second-order valence-corrected chi connectivity index (χ2v) is 9.18. The predicted octanol–water partition coefficient (Wildman–Crippen LogP) is 4.00. The summed E-state index contributed by atoms with van der Waals surface area (Å²) in [5.74, 6) is -0.437. The zero-order valence-corrected chi connectivity index (χ0v) is 17.0. The van der Waals surface area contributed by atoms with Crippen LogP contribution < -0.4 is 10.0 Å². The topological polar surface area (TPSA) is 75.3 Å². The molecule has 0 aromatic heterocycles. The first-order chi connectivity index (χ1) is 12.0. The molecule has 0 spiro atoms. The summed E-state index contributed by atoms with van der Waals surface area (Å²) in [6.45, 7) is 5.31. The molecule has 0 aliphatic rings. The van der Waals surface area contributed by atoms with Crippen LogP contribution in [0.4, 0.5) is 0 Å². The van der Waals surface area contributed by atoms with Crippen molar-refractivity contribution in [3.8, 4) is 0 Å². The number of rotatable bonds is 5. The van der Waals surface area contributed by atoms with E-state index in [0.717, 1.165) is 0 Å². The largest absolute Gasteiger partial charge is 0.348 e. The number of hydrogen-bond acceptors (Lipinski definition) is 3. The molecule has 0 saturated carbocycles. The van der Waals surface area contributed by atoms with E-state index < -0.39 is 21.5 Å². The van der Waals surface area contributed by atoms with E-state index in [1.54, 1.807) is 57.2 Å². The molecule has 0 unspecified atom stereocenters. The van der Waals surface area contributed by atoms with Gasteiger partial charge in [-0.2, -0.15) is 0 Å². The smallest absolute Gasteiger partial charge is 0.253 e. The van der Waals surface area contributed by atoms with Crippen LogP contribution in [0, 0.1) is 0 Å². The average molecular weight is 415 g/mol. The summed E-state index contributed by atoms with van der Waals surface area (Å²) in [6, 6.07) is 11.3. The van der Waals surface area contributed by atoms with Crippen LogP contribution in [0.3, 0.4) is 0 Å². The summed E-state index contributed by atoms with van der Waals surface area (Å²) >= 11 is 12.0. The van der Waals surface area contributed by atoms with Crippen molar-refractivity contribution in [1.82, 2.24) is 10.0 Å². The summed E-state index contributed by atoms with van der Waals surface area (Å²) < 4.78 is 27.8. The van der Waals surface area contributed by atoms with Gasteiger partial charge in [0.15, 0.2) is 0 Å². The standard InChI is InChI=1S/C18H20Cl2N2O3S/c1-18(2,3)22-26(24,25)15-10-5-4-7-12(15)11-21-17(23)13-8-6-9-14(19)16(13)20/h4-10,22H,11H2,1-3H3,(H,21,23). The molecule has 0 fully saturated rings. The lowest BCUT2D eigenvalue weighted by Crippen LogP contribution is -2.41. The molecule has 2 aromatic rings. The zero-order valence-electron chi connectivity index (χ0n) is 14.6. The van der Waals surface area contributed by atoms with E-state index in [1.807, 2.05) is 0 Å². The van der Waals surface area contributed by atoms with Crippen LogP contribution in [0.25, 0.3) is 0 Å². The molecule has 2 rings (SSSR count). The maximum Gasteiger partial charge on any atom is 0.253 e. The number of amides is 1. The van der Waals surface area contributed by atoms with E-state index in [-0.39, 0.29) is 27.0 Å². The van der Waals surface area contributed by atoms with Crippen molar-refractivity contribution in [1.29, 1.82) is 0 Å². The molecule has 8 heteroatoms. The molecular formula is C18H20Cl2N2O3S. The highest BCUT2D eigenvalue weighted by Crippen LogP contribution is 2.25. The maximum atomic E-state index is 12.6. The van der Waals surface area contributed by atoms with Crippen molar-refractivity contribution in [2.75, 3.05) is 0 Å². The molecule has 2 aromatic carbocycles. The third-order valence-corrected chi connectivity index (χ3v) is 6.02. The zero-order chi connectivity index (χ0) is 19.5. The van der Waals surface area contributed by atoms with Gasteiger partial charge in [-0.1, -0.05) is 47.5 Å². The number of carbonyl (C=O) groups is 1. The quantitative estimate of drug-likeness (QED) is 0.775. The van der Waals surface area contributed by atoms with Crippen molar-refractivity contribution in [3.05, 3.63) is 63.6 Å². The molecule has 2 N–H and O–H groups in total. The average Bonchev–Trinajstić information content (AvgIpc) is 2.53. The Balaban J connectivity index is 2.24. The van der Waals surface area contributed by atoms with Gasteiger partial charge in [0.25, 0.3) is 5.91 Å². The van der Waals surface area contributed by atoms with E-state index in [9.17, 15) is 13.2 Å². The molecule has 0 saturated heterocycles. The Morgan fingerprint density at radius 1 is 1.04 bits per heavy atom. The molecule has 0 bridgehead atoms. The fraction of sp³-hybridized carbons (Fsp3) is 0.278. The number of nitrogens with one attached hydrogen (secondary N) is 2. The SMILES string of the molecule is CC(C)(C)NS(=O)(=O)c1ccccc1CNC(=O)c1cccc(Cl)c1Cl. The third kappa shape index (κ3) is 5.20. The van der Waals surface area contributed by atoms with Crippen molar-refractivity contribution in [3.63, 3.8) is 0 Å². The van der Waals surface area contributed by atoms with Gasteiger partial charge in [-0.25, -0.2) is 13.1 Å². The number of carbonyl (C=O) groups excluding carboxylic acids is 1. The Labute approximate surface area is 163 Å². The van der Waals surface area contributed by atoms with Crippen molar-refractivity contribution >= 4 is 39.1 Å². The van der Waals surface area contributed by atoms with E-state index >= 15 is 0 Å². The minimum absolute atomic E-state index is 0.0307. The Bertz CT molecular complexity index is 922. The minimum Gasteiger partial charge on any atom is -0.348 e. The number of sulfonamides is 1. The van der Waals surface area contributed by atoms with Crippen LogP contribution in [0.1, 0.15) is 36.7 Å². The Kier molecular flexibility index (Phi) is 6.34. The molecule has 26 heavy (non-hydrogen) atoms. The highest BCUT2D eigenvalue weighted by atomic mass is 35.5. The van der Waals surface area contributed by atoms with Crippen molar-refractivity contribution < 1.29 is 13.2 Å². The van der Waals surface area contributed by atoms with Crippen LogP contribution in [0.15, 0.2) is 47.4 Å². The van der Waals surface area contributed by atoms with Gasteiger partial charge in [-0.05, 0) is 44.5 Å². The van der Waals surface area contributed by atoms with E-state index in [2.05, 4.69) is 10.0 Å². The monoisotopic (exact) mass is 414 g/mol. The van der Waals surface area contributed by atoms with Gasteiger partial charge in [0, 0.05) is 12.1 Å². The van der Waals surface area contributed by atoms with Crippen molar-refractivity contribution in [2.45, 2.75) is 37.8 Å². The van der Waals surface area contributed by atoms with Gasteiger partial charge in [0.05, 0.1) is 20.5 Å². The van der Waals surface area contributed by atoms with Crippen LogP contribution in [0.5, 0.6) is 0 Å². The van der Waals surface area contributed by atoms with Crippen molar-refractivity contribution in [2.24, 2.45) is 0 Å². The van der Waals surface area contributed by atoms with Crippen LogP contribution >= 0.6 is 23.2 Å². The maximum absolute atomic E-state index is 12.6. The fourth-order valence-electron chi connectivity index (χ4n) is 2.32. The normalized spacial score (nSPS) is 12.0. The summed E-state index contributed by atoms with van der Waals surface area (Å²) in [5, 5.41) is 3.11. The van der Waals surface area contributed by atoms with E-state index in [0.29, 0.717) is 5.56 Å². The molecule has 0 radical (unpaired) electrons.